The molecule has 0 atom stereocenters. The van der Waals surface area contributed by atoms with Crippen LogP contribution in [0.3, 0.4) is 0 Å². The van der Waals surface area contributed by atoms with Crippen molar-refractivity contribution in [2.24, 2.45) is 5.10 Å². The van der Waals surface area contributed by atoms with E-state index in [1.165, 1.54) is 37.6 Å². The molecule has 2 N–H and O–H groups in total. The molecule has 3 rings (SSSR count). The normalized spacial score (nSPS) is 12.0. The van der Waals surface area contributed by atoms with Gasteiger partial charge >= 0.3 is 6.18 Å². The second-order valence-electron chi connectivity index (χ2n) is 6.35. The second-order valence-corrected chi connectivity index (χ2v) is 8.03. The van der Waals surface area contributed by atoms with Crippen molar-refractivity contribution in [2.45, 2.75) is 11.1 Å². The summed E-state index contributed by atoms with van der Waals surface area (Å²) < 4.78 is 70.1. The van der Waals surface area contributed by atoms with Gasteiger partial charge in [-0.3, -0.25) is 10.1 Å². The van der Waals surface area contributed by atoms with Gasteiger partial charge in [0.05, 0.1) is 29.5 Å². The highest BCUT2D eigenvalue weighted by Gasteiger charge is 2.29. The van der Waals surface area contributed by atoms with Gasteiger partial charge in [0.2, 0.25) is 0 Å². The van der Waals surface area contributed by atoms with Crippen LogP contribution in [0.4, 0.5) is 24.5 Å². The molecule has 0 saturated carbocycles. The topological polar surface area (TPSA) is 79.8 Å². The number of benzene rings is 3. The number of sulfonamides is 1. The molecule has 0 heterocycles. The molecule has 3 aromatic carbocycles. The number of ether oxygens (including phenoxy) is 1. The van der Waals surface area contributed by atoms with Crippen molar-refractivity contribution in [3.8, 4) is 5.75 Å². The Morgan fingerprint density at radius 2 is 1.45 bits per heavy atom. The van der Waals surface area contributed by atoms with Crippen LogP contribution in [0.1, 0.15) is 11.1 Å². The van der Waals surface area contributed by atoms with Crippen LogP contribution in [0, 0.1) is 0 Å². The Labute approximate surface area is 177 Å². The van der Waals surface area contributed by atoms with Crippen LogP contribution in [-0.2, 0) is 16.2 Å². The number of alkyl halides is 3. The van der Waals surface area contributed by atoms with Gasteiger partial charge in [-0.1, -0.05) is 12.1 Å². The van der Waals surface area contributed by atoms with Crippen molar-refractivity contribution in [2.75, 3.05) is 17.3 Å². The second kappa shape index (κ2) is 9.09. The Morgan fingerprint density at radius 1 is 0.871 bits per heavy atom. The molecule has 0 amide bonds. The van der Waals surface area contributed by atoms with E-state index in [1.807, 2.05) is 0 Å². The minimum Gasteiger partial charge on any atom is -0.497 e. The predicted octanol–water partition coefficient (Wildman–Crippen LogP) is 4.96. The number of methoxy groups -OCH3 is 1. The molecule has 0 saturated heterocycles. The summed E-state index contributed by atoms with van der Waals surface area (Å²) in [6.45, 7) is 0. The first kappa shape index (κ1) is 22.2. The number of hydrazone groups is 1. The van der Waals surface area contributed by atoms with Crippen molar-refractivity contribution in [3.63, 3.8) is 0 Å². The van der Waals surface area contributed by atoms with Crippen molar-refractivity contribution in [3.05, 3.63) is 83.9 Å². The molecule has 0 aliphatic carbocycles. The van der Waals surface area contributed by atoms with E-state index in [-0.39, 0.29) is 4.90 Å². The Bertz CT molecular complexity index is 1140. The van der Waals surface area contributed by atoms with Crippen LogP contribution in [0.5, 0.6) is 5.75 Å². The average molecular weight is 449 g/mol. The number of halogens is 3. The Morgan fingerprint density at radius 3 is 2.00 bits per heavy atom. The summed E-state index contributed by atoms with van der Waals surface area (Å²) >= 11 is 0. The maximum atomic E-state index is 12.6. The van der Waals surface area contributed by atoms with Crippen LogP contribution >= 0.6 is 0 Å². The number of nitrogens with one attached hydrogen (secondary N) is 2. The van der Waals surface area contributed by atoms with E-state index in [1.54, 1.807) is 36.4 Å². The Kier molecular flexibility index (Phi) is 6.50. The fourth-order valence-electron chi connectivity index (χ4n) is 2.52. The van der Waals surface area contributed by atoms with E-state index < -0.39 is 21.8 Å². The van der Waals surface area contributed by atoms with Gasteiger partial charge in [0, 0.05) is 5.69 Å². The fourth-order valence-corrected chi connectivity index (χ4v) is 3.58. The molecule has 0 aromatic heterocycles. The molecule has 0 fully saturated rings. The Balaban J connectivity index is 1.60. The molecule has 0 bridgehead atoms. The van der Waals surface area contributed by atoms with E-state index >= 15 is 0 Å². The summed E-state index contributed by atoms with van der Waals surface area (Å²) in [5.74, 6) is 0.547. The van der Waals surface area contributed by atoms with Gasteiger partial charge in [-0.25, -0.2) is 8.42 Å². The molecule has 0 radical (unpaired) electrons. The third-order valence-electron chi connectivity index (χ3n) is 4.15. The lowest BCUT2D eigenvalue weighted by molar-refractivity contribution is -0.137. The largest absolute Gasteiger partial charge is 0.497 e. The minimum absolute atomic E-state index is 0.0941. The van der Waals surface area contributed by atoms with Gasteiger partial charge in [0.25, 0.3) is 10.0 Å². The first-order chi connectivity index (χ1) is 14.7. The molecule has 31 heavy (non-hydrogen) atoms. The molecular weight excluding hydrogens is 431 g/mol. The molecule has 3 aromatic rings. The van der Waals surface area contributed by atoms with Crippen molar-refractivity contribution in [1.29, 1.82) is 0 Å². The van der Waals surface area contributed by atoms with Crippen LogP contribution in [0.15, 0.2) is 82.8 Å². The highest BCUT2D eigenvalue weighted by atomic mass is 32.2. The summed E-state index contributed by atoms with van der Waals surface area (Å²) in [5.41, 5.74) is 3.41. The first-order valence-corrected chi connectivity index (χ1v) is 10.4. The number of hydrogen-bond acceptors (Lipinski definition) is 5. The number of nitrogens with zero attached hydrogens (tertiary/aromatic N) is 1. The maximum absolute atomic E-state index is 12.6. The van der Waals surface area contributed by atoms with E-state index in [0.29, 0.717) is 22.7 Å². The summed E-state index contributed by atoms with van der Waals surface area (Å²) in [7, 11) is -2.26. The third-order valence-corrected chi connectivity index (χ3v) is 5.55. The molecule has 6 nitrogen and oxygen atoms in total. The van der Waals surface area contributed by atoms with Crippen molar-refractivity contribution < 1.29 is 26.3 Å². The minimum atomic E-state index is -4.38. The lowest BCUT2D eigenvalue weighted by Crippen LogP contribution is -2.12. The molecule has 0 aliphatic heterocycles. The summed E-state index contributed by atoms with van der Waals surface area (Å²) in [6, 6.07) is 16.9. The summed E-state index contributed by atoms with van der Waals surface area (Å²) in [5, 5.41) is 3.97. The van der Waals surface area contributed by atoms with Gasteiger partial charge < -0.3 is 4.74 Å². The summed E-state index contributed by atoms with van der Waals surface area (Å²) in [6.07, 6.45) is -3.01. The van der Waals surface area contributed by atoms with Crippen LogP contribution in [0.2, 0.25) is 0 Å². The van der Waals surface area contributed by atoms with Crippen molar-refractivity contribution in [1.82, 2.24) is 0 Å². The average Bonchev–Trinajstić information content (AvgIpc) is 2.74. The number of hydrogen-bond donors (Lipinski definition) is 2. The number of anilines is 2. The molecule has 0 aliphatic rings. The smallest absolute Gasteiger partial charge is 0.416 e. The summed E-state index contributed by atoms with van der Waals surface area (Å²) in [4.78, 5) is 0.0941. The number of rotatable bonds is 7. The quantitative estimate of drug-likeness (QED) is 0.395. The van der Waals surface area contributed by atoms with Gasteiger partial charge in [-0.15, -0.1) is 0 Å². The molecule has 162 valence electrons. The molecule has 0 spiro atoms. The fraction of sp³-hybridized carbons (Fsp3) is 0.0952. The highest BCUT2D eigenvalue weighted by Crippen LogP contribution is 2.29. The monoisotopic (exact) mass is 449 g/mol. The van der Waals surface area contributed by atoms with E-state index in [0.717, 1.165) is 12.1 Å². The van der Waals surface area contributed by atoms with E-state index in [9.17, 15) is 21.6 Å². The molecule has 0 unspecified atom stereocenters. The third kappa shape index (κ3) is 5.98. The lowest BCUT2D eigenvalue weighted by Gasteiger charge is -2.09. The van der Waals surface area contributed by atoms with Gasteiger partial charge in [0.1, 0.15) is 5.75 Å². The predicted molar refractivity (Wildman–Crippen MR) is 113 cm³/mol. The maximum Gasteiger partial charge on any atom is 0.416 e. The molecular formula is C21H18F3N3O3S. The zero-order valence-corrected chi connectivity index (χ0v) is 17.0. The van der Waals surface area contributed by atoms with E-state index in [2.05, 4.69) is 15.2 Å². The van der Waals surface area contributed by atoms with Gasteiger partial charge in [0.15, 0.2) is 0 Å². The van der Waals surface area contributed by atoms with E-state index in [4.69, 9.17) is 4.74 Å². The lowest BCUT2D eigenvalue weighted by atomic mass is 10.1. The Hall–Kier alpha value is -3.53. The SMILES string of the molecule is COc1ccc(S(=O)(=O)Nc2ccc(N/N=C/c3ccc(C(F)(F)F)cc3)cc2)cc1. The standard InChI is InChI=1S/C21H18F3N3O3S/c1-30-19-10-12-20(13-11-19)31(28,29)27-18-8-6-17(7-9-18)26-25-14-15-2-4-16(5-3-15)21(22,23)24/h2-14,26-27H,1H3/b25-14+. The van der Waals surface area contributed by atoms with Gasteiger partial charge in [-0.05, 0) is 66.2 Å². The zero-order valence-electron chi connectivity index (χ0n) is 16.2. The molecule has 10 heteroatoms. The van der Waals surface area contributed by atoms with Crippen LogP contribution in [-0.4, -0.2) is 21.7 Å². The van der Waals surface area contributed by atoms with Crippen LogP contribution < -0.4 is 14.9 Å². The van der Waals surface area contributed by atoms with Crippen molar-refractivity contribution >= 4 is 27.6 Å². The van der Waals surface area contributed by atoms with Gasteiger partial charge in [-0.2, -0.15) is 18.3 Å². The first-order valence-electron chi connectivity index (χ1n) is 8.91. The van der Waals surface area contributed by atoms with Crippen LogP contribution in [0.25, 0.3) is 0 Å². The highest BCUT2D eigenvalue weighted by molar-refractivity contribution is 7.92. The zero-order chi connectivity index (χ0) is 22.5.